The van der Waals surface area contributed by atoms with Gasteiger partial charge in [-0.25, -0.2) is 15.0 Å². The summed E-state index contributed by atoms with van der Waals surface area (Å²) in [6.45, 7) is 9.62. The van der Waals surface area contributed by atoms with Crippen LogP contribution in [0.25, 0.3) is 74.8 Å². The number of nitrogens with zero attached hydrogens (tertiary/aromatic N) is 27. The molecule has 0 N–H and O–H groups in total. The molecule has 91 heavy (non-hydrogen) atoms. The van der Waals surface area contributed by atoms with Gasteiger partial charge in [0.05, 0.1) is 35.7 Å². The summed E-state index contributed by atoms with van der Waals surface area (Å²) in [5.41, 5.74) is -1.06. The van der Waals surface area contributed by atoms with Crippen LogP contribution in [0.4, 0.5) is 39.5 Å². The van der Waals surface area contributed by atoms with Gasteiger partial charge in [-0.2, -0.15) is 39.5 Å². The number of hydrogen-bond donors (Lipinski definition) is 0. The Labute approximate surface area is 551 Å². The number of imidazole rings is 3. The van der Waals surface area contributed by atoms with Crippen LogP contribution in [0.15, 0.2) is 141 Å². The molecule has 0 saturated carbocycles. The second-order valence-corrected chi connectivity index (χ2v) is 17.7. The van der Waals surface area contributed by atoms with Gasteiger partial charge in [-0.05, 0) is 65.0 Å². The molecule has 0 unspecified atom stereocenters. The maximum atomic E-state index is 12.2. The van der Waals surface area contributed by atoms with E-state index in [-0.39, 0.29) is 97.4 Å². The Kier molecular flexibility index (Phi) is 26.1. The molecule has 0 aliphatic heterocycles. The molecule has 12 heterocycles. The van der Waals surface area contributed by atoms with Crippen molar-refractivity contribution >= 4 is 0 Å². The fourth-order valence-electron chi connectivity index (χ4n) is 6.96. The zero-order valence-electron chi connectivity index (χ0n) is 47.3. The first-order valence-corrected chi connectivity index (χ1v) is 25.2. The maximum absolute atomic E-state index is 12.2. The van der Waals surface area contributed by atoms with Gasteiger partial charge in [-0.15, -0.1) is 0 Å². The van der Waals surface area contributed by atoms with Crippen molar-refractivity contribution in [2.75, 3.05) is 0 Å². The number of hydrogen-bond acceptors (Lipinski definition) is 18. The first-order chi connectivity index (χ1) is 42.0. The van der Waals surface area contributed by atoms with E-state index in [0.717, 1.165) is 35.5 Å². The van der Waals surface area contributed by atoms with Crippen molar-refractivity contribution in [3.8, 4) is 74.8 Å². The Morgan fingerprint density at radius 3 is 1.10 bits per heavy atom. The second kappa shape index (κ2) is 32.9. The summed E-state index contributed by atoms with van der Waals surface area (Å²) >= 11 is 0. The van der Waals surface area contributed by atoms with Crippen LogP contribution in [-0.2, 0) is 88.8 Å². The number of benzene rings is 1. The molecule has 0 bridgehead atoms. The minimum absolute atomic E-state index is 0. The minimum atomic E-state index is -4.48. The minimum Gasteiger partial charge on any atom is -0.573 e. The SMILES string of the molecule is Cc1n[n-]c(-c2nccn2-c2ccccc2)n1.Cc1n[n-]c(-c2nccn2C(C)C)n1.Cc1n[n-]c(-c2nccn2C)n1.FC(F)(F)c1cc(-c2cnccn2)[n-]n1.FC(F)(F)c1cc(-c2cnccn2)[n-]n1.FC(F)(F)c1cc(-c2cnccn2)[n-]n1.[Pt+2].[Pt+2].[Pt+2]. The zero-order valence-corrected chi connectivity index (χ0v) is 54.1. The van der Waals surface area contributed by atoms with Crippen molar-refractivity contribution in [1.29, 1.82) is 0 Å². The summed E-state index contributed by atoms with van der Waals surface area (Å²) in [6, 6.07) is 12.8. The van der Waals surface area contributed by atoms with Crippen molar-refractivity contribution in [2.24, 2.45) is 7.05 Å². The van der Waals surface area contributed by atoms with Crippen molar-refractivity contribution < 1.29 is 103 Å². The van der Waals surface area contributed by atoms with Gasteiger partial charge in [-0.3, -0.25) is 45.2 Å². The van der Waals surface area contributed by atoms with E-state index in [4.69, 9.17) is 0 Å². The topological polar surface area (TPSA) is 331 Å². The molecular weight excluding hydrogens is 1760 g/mol. The van der Waals surface area contributed by atoms with Crippen LogP contribution in [0.5, 0.6) is 0 Å². The van der Waals surface area contributed by atoms with Crippen molar-refractivity contribution in [3.63, 3.8) is 0 Å². The Hall–Kier alpha value is -9.43. The van der Waals surface area contributed by atoms with Crippen LogP contribution in [0.2, 0.25) is 0 Å². The van der Waals surface area contributed by atoms with Crippen LogP contribution in [0, 0.1) is 20.8 Å². The van der Waals surface area contributed by atoms with E-state index in [1.165, 1.54) is 55.8 Å². The average Bonchev–Trinajstić information content (AvgIpc) is 2.02. The van der Waals surface area contributed by atoms with E-state index in [9.17, 15) is 39.5 Å². The van der Waals surface area contributed by atoms with Gasteiger partial charge in [0.1, 0.15) is 34.6 Å². The molecule has 0 spiro atoms. The van der Waals surface area contributed by atoms with E-state index in [1.54, 1.807) is 25.5 Å². The molecule has 13 rings (SSSR count). The molecule has 0 radical (unpaired) electrons. The number of aromatic nitrogens is 27. The Bertz CT molecular complexity index is 3980. The smallest absolute Gasteiger partial charge is 0.573 e. The van der Waals surface area contributed by atoms with E-state index in [0.29, 0.717) is 46.8 Å². The summed E-state index contributed by atoms with van der Waals surface area (Å²) in [5.74, 6) is 5.97. The summed E-state index contributed by atoms with van der Waals surface area (Å²) in [6.07, 6.45) is 9.76. The molecule has 0 aliphatic rings. The summed E-state index contributed by atoms with van der Waals surface area (Å²) in [7, 11) is 1.90. The number of alkyl halides is 9. The van der Waals surface area contributed by atoms with E-state index < -0.39 is 35.6 Å². The van der Waals surface area contributed by atoms with Gasteiger partial charge < -0.3 is 74.5 Å². The van der Waals surface area contributed by atoms with Crippen LogP contribution < -0.4 is 30.6 Å². The molecule has 0 atom stereocenters. The van der Waals surface area contributed by atoms with Crippen LogP contribution >= 0.6 is 0 Å². The van der Waals surface area contributed by atoms with Gasteiger partial charge >= 0.3 is 81.7 Å². The van der Waals surface area contributed by atoms with Gasteiger partial charge in [0.25, 0.3) is 0 Å². The molecule has 0 amide bonds. The van der Waals surface area contributed by atoms with Gasteiger partial charge in [0.15, 0.2) is 0 Å². The van der Waals surface area contributed by atoms with E-state index in [1.807, 2.05) is 83.5 Å². The van der Waals surface area contributed by atoms with Crippen molar-refractivity contribution in [3.05, 3.63) is 176 Å². The first-order valence-electron chi connectivity index (χ1n) is 25.2. The van der Waals surface area contributed by atoms with Crippen LogP contribution in [0.3, 0.4) is 0 Å². The number of rotatable bonds is 8. The van der Waals surface area contributed by atoms with E-state index in [2.05, 4.69) is 135 Å². The van der Waals surface area contributed by atoms with Gasteiger partial charge in [0, 0.05) is 128 Å². The molecule has 0 fully saturated rings. The third-order valence-corrected chi connectivity index (χ3v) is 11.0. The molecule has 12 aromatic heterocycles. The molecule has 0 aliphatic carbocycles. The predicted octanol–water partition coefficient (Wildman–Crippen LogP) is 7.46. The standard InChI is InChI=1S/C12H10N5.C9H12N5.3C8H4F3N4.C7H8N5.3Pt/c1-9-14-11(16-15-9)12-13-7-8-17(12)10-5-3-2-4-6-10;1-6(2)14-5-4-10-9(14)8-11-7(3)12-13-8;3*9-8(10,11)7-3-5(14-15-7)6-4-12-1-2-13-6;1-5-9-6(11-10-5)7-8-3-4-12(7)2;;;/h2-8H,1H3;4-6H,1-3H3;3*1-4H;3-4H,1-2H3;;;/q6*-1;3*+2. The van der Waals surface area contributed by atoms with Crippen molar-refractivity contribution in [1.82, 2.24) is 135 Å². The molecule has 27 nitrogen and oxygen atoms in total. The maximum Gasteiger partial charge on any atom is 2.00 e. The quantitative estimate of drug-likeness (QED) is 0.133. The van der Waals surface area contributed by atoms with Crippen molar-refractivity contribution in [2.45, 2.75) is 59.2 Å². The summed E-state index contributed by atoms with van der Waals surface area (Å²) in [4.78, 5) is 47.7. The van der Waals surface area contributed by atoms with Gasteiger partial charge in [-0.1, -0.05) is 35.3 Å². The molecule has 1 aromatic carbocycles. The Balaban J connectivity index is 0.000000198. The summed E-state index contributed by atoms with van der Waals surface area (Å²) < 4.78 is 115. The fraction of sp³-hybridized carbons (Fsp3) is 0.192. The monoisotopic (exact) mass is 1800 g/mol. The largest absolute Gasteiger partial charge is 2.00 e. The third kappa shape index (κ3) is 20.3. The molecule has 39 heteroatoms. The Morgan fingerprint density at radius 2 is 0.769 bits per heavy atom. The number of aryl methyl sites for hydroxylation is 4. The Morgan fingerprint density at radius 1 is 0.407 bits per heavy atom. The normalized spacial score (nSPS) is 10.9. The molecule has 0 saturated heterocycles. The summed E-state index contributed by atoms with van der Waals surface area (Å²) in [5, 5.41) is 42.6. The third-order valence-electron chi connectivity index (χ3n) is 11.0. The molecule has 13 aromatic rings. The van der Waals surface area contributed by atoms with E-state index >= 15 is 0 Å². The zero-order chi connectivity index (χ0) is 63.0. The number of para-hydroxylation sites is 1. The fourth-order valence-corrected chi connectivity index (χ4v) is 6.96. The van der Waals surface area contributed by atoms with Crippen LogP contribution in [-0.4, -0.2) is 104 Å². The van der Waals surface area contributed by atoms with Crippen LogP contribution in [0.1, 0.15) is 54.4 Å². The second-order valence-electron chi connectivity index (χ2n) is 17.7. The first kappa shape index (κ1) is 72.3. The molecular formula is C52H42F9N27Pt3. The molecule has 478 valence electrons. The number of halogens is 9. The van der Waals surface area contributed by atoms with Gasteiger partial charge in [0.2, 0.25) is 0 Å². The predicted molar refractivity (Wildman–Crippen MR) is 287 cm³/mol. The average molecular weight is 1800 g/mol.